The lowest BCUT2D eigenvalue weighted by Gasteiger charge is -2.21. The van der Waals surface area contributed by atoms with E-state index in [1.807, 2.05) is 6.92 Å². The number of benzene rings is 1. The number of nitrogens with zero attached hydrogens (tertiary/aromatic N) is 1. The molecule has 0 aromatic heterocycles. The number of aliphatic hydroxyl groups excluding tert-OH is 1. The SMILES string of the molecule is CC1CC2C(=O)N(CC(O)c3ccccc3F)C(=O)C2C1. The molecule has 1 heterocycles. The zero-order valence-electron chi connectivity index (χ0n) is 11.8. The van der Waals surface area contributed by atoms with Crippen LogP contribution in [-0.4, -0.2) is 28.4 Å². The molecule has 1 aliphatic heterocycles. The number of amides is 2. The van der Waals surface area contributed by atoms with Crippen molar-refractivity contribution in [1.29, 1.82) is 0 Å². The van der Waals surface area contributed by atoms with Crippen molar-refractivity contribution in [3.8, 4) is 0 Å². The fourth-order valence-electron chi connectivity index (χ4n) is 3.54. The highest BCUT2D eigenvalue weighted by Crippen LogP contribution is 2.43. The zero-order valence-corrected chi connectivity index (χ0v) is 11.8. The van der Waals surface area contributed by atoms with Crippen molar-refractivity contribution in [2.75, 3.05) is 6.54 Å². The molecule has 2 fully saturated rings. The first-order valence-electron chi connectivity index (χ1n) is 7.26. The maximum atomic E-state index is 13.6. The Balaban J connectivity index is 1.76. The van der Waals surface area contributed by atoms with Crippen LogP contribution in [0, 0.1) is 23.6 Å². The third-order valence-corrected chi connectivity index (χ3v) is 4.58. The molecule has 1 aromatic rings. The number of hydrogen-bond donors (Lipinski definition) is 1. The summed E-state index contributed by atoms with van der Waals surface area (Å²) < 4.78 is 13.6. The Hall–Kier alpha value is -1.75. The number of rotatable bonds is 3. The fraction of sp³-hybridized carbons (Fsp3) is 0.500. The number of fused-ring (bicyclic) bond motifs is 1. The van der Waals surface area contributed by atoms with Crippen LogP contribution >= 0.6 is 0 Å². The van der Waals surface area contributed by atoms with Gasteiger partial charge in [0.2, 0.25) is 11.8 Å². The molecule has 3 unspecified atom stereocenters. The molecular formula is C16H18FNO3. The quantitative estimate of drug-likeness (QED) is 0.865. The normalized spacial score (nSPS) is 29.9. The second-order valence-corrected chi connectivity index (χ2v) is 6.11. The summed E-state index contributed by atoms with van der Waals surface area (Å²) in [4.78, 5) is 25.7. The van der Waals surface area contributed by atoms with Crippen molar-refractivity contribution in [2.45, 2.75) is 25.9 Å². The van der Waals surface area contributed by atoms with Crippen molar-refractivity contribution >= 4 is 11.8 Å². The number of β-amino-alcohol motifs (C(OH)–C–C–N with tert-alkyl or cyclic N) is 1. The van der Waals surface area contributed by atoms with E-state index in [0.29, 0.717) is 5.92 Å². The molecule has 3 rings (SSSR count). The van der Waals surface area contributed by atoms with Gasteiger partial charge in [0, 0.05) is 5.56 Å². The van der Waals surface area contributed by atoms with E-state index in [0.717, 1.165) is 17.7 Å². The van der Waals surface area contributed by atoms with E-state index in [9.17, 15) is 19.1 Å². The van der Waals surface area contributed by atoms with Gasteiger partial charge in [0.15, 0.2) is 0 Å². The molecule has 0 bridgehead atoms. The van der Waals surface area contributed by atoms with Gasteiger partial charge >= 0.3 is 0 Å². The van der Waals surface area contributed by atoms with Crippen LogP contribution in [0.15, 0.2) is 24.3 Å². The van der Waals surface area contributed by atoms with Crippen molar-refractivity contribution in [3.05, 3.63) is 35.6 Å². The molecule has 2 aliphatic rings. The van der Waals surface area contributed by atoms with Crippen LogP contribution in [0.25, 0.3) is 0 Å². The largest absolute Gasteiger partial charge is 0.386 e. The van der Waals surface area contributed by atoms with Gasteiger partial charge in [0.25, 0.3) is 0 Å². The van der Waals surface area contributed by atoms with Crippen molar-refractivity contribution in [1.82, 2.24) is 4.90 Å². The lowest BCUT2D eigenvalue weighted by molar-refractivity contribution is -0.142. The van der Waals surface area contributed by atoms with Gasteiger partial charge in [0.1, 0.15) is 5.82 Å². The number of likely N-dealkylation sites (tertiary alicyclic amines) is 1. The van der Waals surface area contributed by atoms with Gasteiger partial charge in [-0.05, 0) is 24.8 Å². The Labute approximate surface area is 122 Å². The second-order valence-electron chi connectivity index (χ2n) is 6.11. The van der Waals surface area contributed by atoms with Gasteiger partial charge in [-0.3, -0.25) is 14.5 Å². The van der Waals surface area contributed by atoms with Gasteiger partial charge in [0.05, 0.1) is 24.5 Å². The maximum Gasteiger partial charge on any atom is 0.233 e. The number of carbonyl (C=O) groups excluding carboxylic acids is 2. The third kappa shape index (κ3) is 2.35. The molecule has 1 aliphatic carbocycles. The van der Waals surface area contributed by atoms with Gasteiger partial charge < -0.3 is 5.11 Å². The summed E-state index contributed by atoms with van der Waals surface area (Å²) in [5.74, 6) is -1.08. The van der Waals surface area contributed by atoms with Crippen LogP contribution in [-0.2, 0) is 9.59 Å². The number of hydrogen-bond acceptors (Lipinski definition) is 3. The summed E-state index contributed by atoms with van der Waals surface area (Å²) in [6.07, 6.45) is 0.263. The molecule has 1 N–H and O–H groups in total. The molecule has 1 aromatic carbocycles. The Morgan fingerprint density at radius 1 is 1.24 bits per heavy atom. The van der Waals surface area contributed by atoms with E-state index in [1.165, 1.54) is 18.2 Å². The van der Waals surface area contributed by atoms with E-state index < -0.39 is 11.9 Å². The van der Waals surface area contributed by atoms with E-state index in [1.54, 1.807) is 6.07 Å². The van der Waals surface area contributed by atoms with Gasteiger partial charge in [-0.1, -0.05) is 25.1 Å². The van der Waals surface area contributed by atoms with Crippen LogP contribution in [0.2, 0.25) is 0 Å². The van der Waals surface area contributed by atoms with Crippen LogP contribution in [0.5, 0.6) is 0 Å². The molecular weight excluding hydrogens is 273 g/mol. The average molecular weight is 291 g/mol. The highest BCUT2D eigenvalue weighted by Gasteiger charge is 2.51. The Morgan fingerprint density at radius 2 is 1.81 bits per heavy atom. The topological polar surface area (TPSA) is 57.6 Å². The first-order chi connectivity index (χ1) is 9.99. The smallest absolute Gasteiger partial charge is 0.233 e. The molecule has 0 spiro atoms. The summed E-state index contributed by atoms with van der Waals surface area (Å²) in [6.45, 7) is 1.87. The highest BCUT2D eigenvalue weighted by molar-refractivity contribution is 6.05. The molecule has 21 heavy (non-hydrogen) atoms. The number of carbonyl (C=O) groups is 2. The van der Waals surface area contributed by atoms with E-state index in [4.69, 9.17) is 0 Å². The third-order valence-electron chi connectivity index (χ3n) is 4.58. The molecule has 112 valence electrons. The number of aliphatic hydroxyl groups is 1. The molecule has 4 nitrogen and oxygen atoms in total. The van der Waals surface area contributed by atoms with Gasteiger partial charge in [-0.2, -0.15) is 0 Å². The molecule has 1 saturated heterocycles. The lowest BCUT2D eigenvalue weighted by atomic mass is 10.00. The summed E-state index contributed by atoms with van der Waals surface area (Å²) >= 11 is 0. The van der Waals surface area contributed by atoms with Crippen LogP contribution in [0.1, 0.15) is 31.4 Å². The van der Waals surface area contributed by atoms with Crippen molar-refractivity contribution in [2.24, 2.45) is 17.8 Å². The molecule has 3 atom stereocenters. The minimum Gasteiger partial charge on any atom is -0.386 e. The Morgan fingerprint density at radius 3 is 2.38 bits per heavy atom. The Bertz CT molecular complexity index is 565. The second kappa shape index (κ2) is 5.22. The summed E-state index contributed by atoms with van der Waals surface area (Å²) in [5, 5.41) is 10.1. The predicted molar refractivity (Wildman–Crippen MR) is 73.5 cm³/mol. The van der Waals surface area contributed by atoms with E-state index in [-0.39, 0.29) is 35.8 Å². The minimum atomic E-state index is -1.18. The van der Waals surface area contributed by atoms with Gasteiger partial charge in [-0.15, -0.1) is 0 Å². The average Bonchev–Trinajstić information content (AvgIpc) is 2.93. The highest BCUT2D eigenvalue weighted by atomic mass is 19.1. The monoisotopic (exact) mass is 291 g/mol. The molecule has 5 heteroatoms. The molecule has 1 saturated carbocycles. The van der Waals surface area contributed by atoms with E-state index in [2.05, 4.69) is 0 Å². The summed E-state index contributed by atoms with van der Waals surface area (Å²) in [7, 11) is 0. The number of imide groups is 1. The van der Waals surface area contributed by atoms with Crippen molar-refractivity contribution < 1.29 is 19.1 Å². The Kier molecular flexibility index (Phi) is 3.53. The fourth-order valence-corrected chi connectivity index (χ4v) is 3.54. The van der Waals surface area contributed by atoms with Crippen LogP contribution < -0.4 is 0 Å². The lowest BCUT2D eigenvalue weighted by Crippen LogP contribution is -2.36. The van der Waals surface area contributed by atoms with E-state index >= 15 is 0 Å². The first-order valence-corrected chi connectivity index (χ1v) is 7.26. The summed E-state index contributed by atoms with van der Waals surface area (Å²) in [5.41, 5.74) is 0.114. The minimum absolute atomic E-state index is 0.114. The number of halogens is 1. The molecule has 0 radical (unpaired) electrons. The van der Waals surface area contributed by atoms with Crippen molar-refractivity contribution in [3.63, 3.8) is 0 Å². The maximum absolute atomic E-state index is 13.6. The summed E-state index contributed by atoms with van der Waals surface area (Å²) in [6, 6.07) is 5.87. The first kappa shape index (κ1) is 14.2. The molecule has 2 amide bonds. The standard InChI is InChI=1S/C16H18FNO3/c1-9-6-11-12(7-9)16(21)18(15(11)20)8-14(19)10-4-2-3-5-13(10)17/h2-5,9,11-12,14,19H,6-8H2,1H3. The van der Waals surface area contributed by atoms with Crippen LogP contribution in [0.3, 0.4) is 0 Å². The predicted octanol–water partition coefficient (Wildman–Crippen LogP) is 1.89. The zero-order chi connectivity index (χ0) is 15.1. The van der Waals surface area contributed by atoms with Crippen LogP contribution in [0.4, 0.5) is 4.39 Å². The van der Waals surface area contributed by atoms with Gasteiger partial charge in [-0.25, -0.2) is 4.39 Å².